The van der Waals surface area contributed by atoms with E-state index in [2.05, 4.69) is 34.7 Å². The molecule has 0 amide bonds. The van der Waals surface area contributed by atoms with Gasteiger partial charge in [0.2, 0.25) is 0 Å². The van der Waals surface area contributed by atoms with Crippen LogP contribution in [-0.2, 0) is 0 Å². The zero-order valence-corrected chi connectivity index (χ0v) is 13.2. The van der Waals surface area contributed by atoms with Crippen molar-refractivity contribution in [3.8, 4) is 5.75 Å². The van der Waals surface area contributed by atoms with Gasteiger partial charge in [0.1, 0.15) is 5.75 Å². The Hall–Kier alpha value is -1.75. The zero-order chi connectivity index (χ0) is 15.2. The summed E-state index contributed by atoms with van der Waals surface area (Å²) in [6.45, 7) is 9.06. The summed E-state index contributed by atoms with van der Waals surface area (Å²) in [7, 11) is 1.71. The van der Waals surface area contributed by atoms with Crippen LogP contribution in [0.1, 0.15) is 25.5 Å². The molecule has 1 heterocycles. The third-order valence-electron chi connectivity index (χ3n) is 4.15. The lowest BCUT2D eigenvalue weighted by Crippen LogP contribution is -2.41. The summed E-state index contributed by atoms with van der Waals surface area (Å²) in [6.07, 6.45) is 0. The van der Waals surface area contributed by atoms with Crippen LogP contribution in [0.2, 0.25) is 0 Å². The molecule has 1 aromatic carbocycles. The molecule has 2 N–H and O–H groups in total. The standard InChI is InChI=1S/C16H26N4O/c1-4-19(5-2)10-11-20-14(12-18-16(20)17)13-8-6-7-9-15(13)21-3/h6-9,14H,4-5,10-12H2,1-3H3,(H2,17,18). The molecule has 1 unspecified atom stereocenters. The summed E-state index contributed by atoms with van der Waals surface area (Å²) in [5, 5.41) is 0. The Morgan fingerprint density at radius 2 is 2.05 bits per heavy atom. The number of nitrogens with two attached hydrogens (primary N) is 1. The van der Waals surface area contributed by atoms with Crippen molar-refractivity contribution in [2.24, 2.45) is 10.7 Å². The van der Waals surface area contributed by atoms with Gasteiger partial charge >= 0.3 is 0 Å². The molecule has 5 nitrogen and oxygen atoms in total. The number of rotatable bonds is 7. The molecule has 0 bridgehead atoms. The minimum atomic E-state index is 0.178. The highest BCUT2D eigenvalue weighted by Crippen LogP contribution is 2.31. The quantitative estimate of drug-likeness (QED) is 0.830. The molecule has 1 atom stereocenters. The SMILES string of the molecule is CCN(CC)CCN1C(N)=NCC1c1ccccc1OC. The monoisotopic (exact) mass is 290 g/mol. The van der Waals surface area contributed by atoms with E-state index in [0.717, 1.165) is 37.5 Å². The maximum atomic E-state index is 6.08. The van der Waals surface area contributed by atoms with Gasteiger partial charge < -0.3 is 20.3 Å². The van der Waals surface area contributed by atoms with Gasteiger partial charge in [-0.05, 0) is 19.2 Å². The normalized spacial score (nSPS) is 18.2. The molecular formula is C16H26N4O. The fourth-order valence-electron chi connectivity index (χ4n) is 2.80. The van der Waals surface area contributed by atoms with E-state index >= 15 is 0 Å². The number of likely N-dealkylation sites (N-methyl/N-ethyl adjacent to an activating group) is 1. The van der Waals surface area contributed by atoms with Crippen LogP contribution in [0.15, 0.2) is 29.3 Å². The number of aliphatic imine (C=N–C) groups is 1. The smallest absolute Gasteiger partial charge is 0.191 e. The van der Waals surface area contributed by atoms with Crippen molar-refractivity contribution in [3.63, 3.8) is 0 Å². The van der Waals surface area contributed by atoms with Crippen LogP contribution in [0.4, 0.5) is 0 Å². The highest BCUT2D eigenvalue weighted by molar-refractivity contribution is 5.80. The van der Waals surface area contributed by atoms with Crippen LogP contribution < -0.4 is 10.5 Å². The van der Waals surface area contributed by atoms with Gasteiger partial charge in [0, 0.05) is 18.7 Å². The molecule has 0 radical (unpaired) electrons. The lowest BCUT2D eigenvalue weighted by Gasteiger charge is -2.30. The van der Waals surface area contributed by atoms with E-state index in [1.54, 1.807) is 7.11 Å². The Balaban J connectivity index is 2.12. The highest BCUT2D eigenvalue weighted by Gasteiger charge is 2.29. The van der Waals surface area contributed by atoms with E-state index in [9.17, 15) is 0 Å². The lowest BCUT2D eigenvalue weighted by atomic mass is 10.1. The molecular weight excluding hydrogens is 264 g/mol. The Morgan fingerprint density at radius 3 is 2.71 bits per heavy atom. The zero-order valence-electron chi connectivity index (χ0n) is 13.2. The molecule has 0 aromatic heterocycles. The Labute approximate surface area is 127 Å². The first-order valence-electron chi connectivity index (χ1n) is 7.63. The molecule has 0 saturated heterocycles. The molecule has 2 rings (SSSR count). The second kappa shape index (κ2) is 7.31. The van der Waals surface area contributed by atoms with Gasteiger partial charge in [-0.3, -0.25) is 4.99 Å². The predicted octanol–water partition coefficient (Wildman–Crippen LogP) is 1.71. The molecule has 5 heteroatoms. The highest BCUT2D eigenvalue weighted by atomic mass is 16.5. The fourth-order valence-corrected chi connectivity index (χ4v) is 2.80. The van der Waals surface area contributed by atoms with Crippen LogP contribution in [-0.4, -0.2) is 55.6 Å². The maximum Gasteiger partial charge on any atom is 0.191 e. The van der Waals surface area contributed by atoms with Crippen molar-refractivity contribution in [2.75, 3.05) is 39.8 Å². The fraction of sp³-hybridized carbons (Fsp3) is 0.562. The number of methoxy groups -OCH3 is 1. The van der Waals surface area contributed by atoms with Crippen molar-refractivity contribution in [1.82, 2.24) is 9.80 Å². The van der Waals surface area contributed by atoms with Crippen molar-refractivity contribution < 1.29 is 4.74 Å². The number of hydrogen-bond donors (Lipinski definition) is 1. The molecule has 1 aromatic rings. The van der Waals surface area contributed by atoms with Crippen LogP contribution in [0.3, 0.4) is 0 Å². The molecule has 0 aliphatic carbocycles. The molecule has 0 saturated carbocycles. The van der Waals surface area contributed by atoms with Crippen molar-refractivity contribution >= 4 is 5.96 Å². The summed E-state index contributed by atoms with van der Waals surface area (Å²) < 4.78 is 5.48. The topological polar surface area (TPSA) is 54.1 Å². The minimum Gasteiger partial charge on any atom is -0.496 e. The maximum absolute atomic E-state index is 6.08. The first-order chi connectivity index (χ1) is 10.2. The number of hydrogen-bond acceptors (Lipinski definition) is 5. The van der Waals surface area contributed by atoms with Gasteiger partial charge in [-0.1, -0.05) is 32.0 Å². The van der Waals surface area contributed by atoms with Gasteiger partial charge in [0.15, 0.2) is 5.96 Å². The van der Waals surface area contributed by atoms with Crippen LogP contribution >= 0.6 is 0 Å². The lowest BCUT2D eigenvalue weighted by molar-refractivity contribution is 0.246. The van der Waals surface area contributed by atoms with E-state index in [1.165, 1.54) is 0 Å². The Bertz CT molecular complexity index is 485. The van der Waals surface area contributed by atoms with Gasteiger partial charge in [0.25, 0.3) is 0 Å². The van der Waals surface area contributed by atoms with Crippen LogP contribution in [0, 0.1) is 0 Å². The minimum absolute atomic E-state index is 0.178. The van der Waals surface area contributed by atoms with Gasteiger partial charge in [-0.25, -0.2) is 0 Å². The van der Waals surface area contributed by atoms with Crippen LogP contribution in [0.5, 0.6) is 5.75 Å². The Morgan fingerprint density at radius 1 is 1.33 bits per heavy atom. The largest absolute Gasteiger partial charge is 0.496 e. The molecule has 0 spiro atoms. The Kier molecular flexibility index (Phi) is 5.44. The van der Waals surface area contributed by atoms with Gasteiger partial charge in [-0.15, -0.1) is 0 Å². The summed E-state index contributed by atoms with van der Waals surface area (Å²) in [4.78, 5) is 9.01. The van der Waals surface area contributed by atoms with Crippen LogP contribution in [0.25, 0.3) is 0 Å². The number of benzene rings is 1. The number of para-hydroxylation sites is 1. The van der Waals surface area contributed by atoms with Crippen molar-refractivity contribution in [1.29, 1.82) is 0 Å². The summed E-state index contributed by atoms with van der Waals surface area (Å²) >= 11 is 0. The average Bonchev–Trinajstić information content (AvgIpc) is 2.89. The van der Waals surface area contributed by atoms with E-state index in [4.69, 9.17) is 10.5 Å². The molecule has 0 fully saturated rings. The number of ether oxygens (including phenoxy) is 1. The van der Waals surface area contributed by atoms with Gasteiger partial charge in [-0.2, -0.15) is 0 Å². The second-order valence-electron chi connectivity index (χ2n) is 5.18. The first kappa shape index (κ1) is 15.6. The summed E-state index contributed by atoms with van der Waals surface area (Å²) in [6, 6.07) is 8.29. The molecule has 116 valence electrons. The molecule has 1 aliphatic heterocycles. The molecule has 1 aliphatic rings. The van der Waals surface area contributed by atoms with Crippen molar-refractivity contribution in [3.05, 3.63) is 29.8 Å². The number of guanidine groups is 1. The average molecular weight is 290 g/mol. The number of nitrogens with zero attached hydrogens (tertiary/aromatic N) is 3. The summed E-state index contributed by atoms with van der Waals surface area (Å²) in [5.41, 5.74) is 7.24. The van der Waals surface area contributed by atoms with Gasteiger partial charge in [0.05, 0.1) is 19.7 Å². The molecule has 21 heavy (non-hydrogen) atoms. The second-order valence-corrected chi connectivity index (χ2v) is 5.18. The third kappa shape index (κ3) is 3.47. The van der Waals surface area contributed by atoms with E-state index in [-0.39, 0.29) is 6.04 Å². The predicted molar refractivity (Wildman–Crippen MR) is 86.7 cm³/mol. The van der Waals surface area contributed by atoms with E-state index < -0.39 is 0 Å². The summed E-state index contributed by atoms with van der Waals surface area (Å²) in [5.74, 6) is 1.54. The first-order valence-corrected chi connectivity index (χ1v) is 7.63. The third-order valence-corrected chi connectivity index (χ3v) is 4.15. The van der Waals surface area contributed by atoms with Crippen molar-refractivity contribution in [2.45, 2.75) is 19.9 Å². The van der Waals surface area contributed by atoms with E-state index in [0.29, 0.717) is 12.5 Å². The van der Waals surface area contributed by atoms with E-state index in [1.807, 2.05) is 18.2 Å².